The van der Waals surface area contributed by atoms with Crippen molar-refractivity contribution in [1.82, 2.24) is 0 Å². The molecule has 0 aromatic carbocycles. The Labute approximate surface area is 75.8 Å². The number of aliphatic hydroxyl groups is 3. The molecule has 1 unspecified atom stereocenters. The van der Waals surface area contributed by atoms with Crippen molar-refractivity contribution >= 4 is 29.5 Å². The van der Waals surface area contributed by atoms with Crippen LogP contribution in [0.1, 0.15) is 0 Å². The molecule has 4 nitrogen and oxygen atoms in total. The van der Waals surface area contributed by atoms with E-state index in [1.165, 1.54) is 0 Å². The summed E-state index contributed by atoms with van der Waals surface area (Å²) in [7, 11) is 0. The van der Waals surface area contributed by atoms with Crippen LogP contribution in [-0.4, -0.2) is 57.2 Å². The first-order chi connectivity index (χ1) is 4.81. The van der Waals surface area contributed by atoms with E-state index in [0.717, 1.165) is 0 Å². The van der Waals surface area contributed by atoms with Crippen molar-refractivity contribution in [3.8, 4) is 0 Å². The average molecular weight is 209 g/mol. The molecule has 0 bridgehead atoms. The van der Waals surface area contributed by atoms with Crippen LogP contribution in [0.25, 0.3) is 0 Å². The Morgan fingerprint density at radius 2 is 1.90 bits per heavy atom. The molecule has 58 valence electrons. The van der Waals surface area contributed by atoms with E-state index in [9.17, 15) is 0 Å². The van der Waals surface area contributed by atoms with E-state index in [1.54, 1.807) is 0 Å². The molecule has 0 radical (unpaired) electrons. The van der Waals surface area contributed by atoms with Gasteiger partial charge < -0.3 is 20.1 Å². The fourth-order valence-corrected chi connectivity index (χ4v) is 0.241. The van der Waals surface area contributed by atoms with Gasteiger partial charge in [0.05, 0.1) is 13.2 Å². The second-order valence-corrected chi connectivity index (χ2v) is 1.34. The van der Waals surface area contributed by atoms with Crippen LogP contribution in [0.15, 0.2) is 0 Å². The van der Waals surface area contributed by atoms with Gasteiger partial charge in [-0.05, 0) is 0 Å². The van der Waals surface area contributed by atoms with E-state index in [0.29, 0.717) is 0 Å². The molecule has 6 heteroatoms. The summed E-state index contributed by atoms with van der Waals surface area (Å²) in [6, 6.07) is 0. The molecule has 0 aliphatic rings. The van der Waals surface area contributed by atoms with E-state index < -0.39 is 12.9 Å². The van der Waals surface area contributed by atoms with Gasteiger partial charge in [0, 0.05) is 0 Å². The quantitative estimate of drug-likeness (QED) is 0.400. The van der Waals surface area contributed by atoms with E-state index >= 15 is 0 Å². The van der Waals surface area contributed by atoms with Crippen molar-refractivity contribution in [2.45, 2.75) is 6.10 Å². The molecule has 0 saturated heterocycles. The first-order valence-corrected chi connectivity index (χ1v) is 4.25. The zero-order valence-electron chi connectivity index (χ0n) is 5.83. The van der Waals surface area contributed by atoms with Crippen LogP contribution in [0, 0.1) is 0 Å². The molecule has 0 aromatic rings. The molecule has 0 heterocycles. The van der Waals surface area contributed by atoms with Crippen molar-refractivity contribution in [3.05, 3.63) is 0 Å². The van der Waals surface area contributed by atoms with Gasteiger partial charge >= 0.3 is 29.5 Å². The molecular formula is C4H10BrLiO4. The summed E-state index contributed by atoms with van der Waals surface area (Å²) in [6.45, 7) is -0.774. The van der Waals surface area contributed by atoms with Gasteiger partial charge in [0.15, 0.2) is 0 Å². The molecule has 0 rings (SSSR count). The maximum absolute atomic E-state index is 8.50. The molecule has 3 N–H and O–H groups in total. The number of halogens is 1. The van der Waals surface area contributed by atoms with Crippen molar-refractivity contribution in [2.75, 3.05) is 20.0 Å². The minimum absolute atomic E-state index is 0.0208. The average Bonchev–Trinajstić information content (AvgIpc) is 2.04. The van der Waals surface area contributed by atoms with Gasteiger partial charge in [-0.15, -0.1) is 0 Å². The Morgan fingerprint density at radius 1 is 1.40 bits per heavy atom. The van der Waals surface area contributed by atoms with Crippen LogP contribution < -0.4 is 0 Å². The van der Waals surface area contributed by atoms with Crippen LogP contribution >= 0.6 is 13.7 Å². The van der Waals surface area contributed by atoms with E-state index in [2.05, 4.69) is 18.5 Å². The van der Waals surface area contributed by atoms with Gasteiger partial charge in [-0.2, -0.15) is 0 Å². The van der Waals surface area contributed by atoms with Gasteiger partial charge in [-0.3, -0.25) is 0 Å². The summed E-state index contributed by atoms with van der Waals surface area (Å²) in [5.41, 5.74) is 0. The van der Waals surface area contributed by atoms with Gasteiger partial charge in [0.25, 0.3) is 0 Å². The fourth-order valence-electron chi connectivity index (χ4n) is 0.241. The number of hydrogen-bond acceptors (Lipinski definition) is 4. The predicted molar refractivity (Wildman–Crippen MR) is 40.8 cm³/mol. The maximum atomic E-state index is 8.50. The summed E-state index contributed by atoms with van der Waals surface area (Å²) >= 11 is 4.75. The van der Waals surface area contributed by atoms with Gasteiger partial charge in [-0.25, -0.2) is 0 Å². The minimum atomic E-state index is -0.873. The number of aliphatic hydroxyl groups excluding tert-OH is 3. The molecule has 0 spiro atoms. The molecule has 0 fully saturated rings. The summed E-state index contributed by atoms with van der Waals surface area (Å²) in [6.07, 6.45) is -0.873. The summed E-state index contributed by atoms with van der Waals surface area (Å²) in [4.78, 5) is 0. The van der Waals surface area contributed by atoms with Crippen molar-refractivity contribution in [1.29, 1.82) is 0 Å². The summed E-state index contributed by atoms with van der Waals surface area (Å²) < 4.78 is 4.33. The SMILES string of the molecule is OCOCC(O)CO.[Li][Br]. The molecule has 0 aromatic heterocycles. The third-order valence-electron chi connectivity index (χ3n) is 0.612. The number of ether oxygens (including phenoxy) is 1. The molecule has 0 saturated carbocycles. The van der Waals surface area contributed by atoms with Crippen LogP contribution in [0.3, 0.4) is 0 Å². The Hall–Kier alpha value is 0.917. The Balaban J connectivity index is 0. The normalized spacial score (nSPS) is 11.8. The summed E-state index contributed by atoms with van der Waals surface area (Å²) in [5.74, 6) is 0. The van der Waals surface area contributed by atoms with Gasteiger partial charge in [0.1, 0.15) is 12.9 Å². The Kier molecular flexibility index (Phi) is 17.0. The number of rotatable bonds is 4. The van der Waals surface area contributed by atoms with E-state index in [-0.39, 0.29) is 13.2 Å². The molecule has 0 amide bonds. The first kappa shape index (κ1) is 13.5. The van der Waals surface area contributed by atoms with Gasteiger partial charge in [-0.1, -0.05) is 0 Å². The summed E-state index contributed by atoms with van der Waals surface area (Å²) in [5, 5.41) is 24.6. The Morgan fingerprint density at radius 3 is 2.20 bits per heavy atom. The first-order valence-electron chi connectivity index (χ1n) is 2.66. The van der Waals surface area contributed by atoms with Crippen molar-refractivity contribution < 1.29 is 20.1 Å². The fraction of sp³-hybridized carbons (Fsp3) is 1.00. The predicted octanol–water partition coefficient (Wildman–Crippen LogP) is -1.23. The van der Waals surface area contributed by atoms with Crippen LogP contribution in [0.2, 0.25) is 0 Å². The molecule has 0 aliphatic carbocycles. The van der Waals surface area contributed by atoms with Crippen LogP contribution in [0.4, 0.5) is 0 Å². The molecule has 10 heavy (non-hydrogen) atoms. The van der Waals surface area contributed by atoms with Crippen LogP contribution in [0.5, 0.6) is 0 Å². The molecule has 1 atom stereocenters. The third kappa shape index (κ3) is 11.7. The molecular weight excluding hydrogens is 199 g/mol. The van der Waals surface area contributed by atoms with Crippen molar-refractivity contribution in [3.63, 3.8) is 0 Å². The zero-order chi connectivity index (χ0) is 8.41. The second-order valence-electron chi connectivity index (χ2n) is 1.34. The zero-order valence-corrected chi connectivity index (χ0v) is 7.41. The van der Waals surface area contributed by atoms with Crippen molar-refractivity contribution in [2.24, 2.45) is 0 Å². The monoisotopic (exact) mass is 208 g/mol. The number of hydrogen-bond donors (Lipinski definition) is 3. The van der Waals surface area contributed by atoms with Gasteiger partial charge in [0.2, 0.25) is 0 Å². The van der Waals surface area contributed by atoms with E-state index in [1.807, 2.05) is 15.8 Å². The van der Waals surface area contributed by atoms with E-state index in [4.69, 9.17) is 15.3 Å². The second kappa shape index (κ2) is 12.6. The Bertz CT molecular complexity index is 56.5. The topological polar surface area (TPSA) is 69.9 Å². The standard InChI is InChI=1S/C4H10O4.BrH.Li/c5-1-4(7)2-8-3-6;;/h4-7H,1-3H2;1H;/q;;+1/p-1. The van der Waals surface area contributed by atoms with Crippen LogP contribution in [-0.2, 0) is 4.74 Å². The molecule has 0 aliphatic heterocycles. The third-order valence-corrected chi connectivity index (χ3v) is 0.612.